The minimum Gasteiger partial charge on any atom is -0.465 e. The number of carboxylic acid groups (broad SMARTS) is 1. The third-order valence-corrected chi connectivity index (χ3v) is 8.40. The summed E-state index contributed by atoms with van der Waals surface area (Å²) >= 11 is 1.55. The SMILES string of the molecule is Cc1nc(CNc2c(F)ccc3c(Oc4ncccc4-c4ccnc(NC5CC(C)CN(C(=O)O)C5)n4)c(C)ccc23)cs1. The molecule has 0 spiro atoms. The number of likely N-dealkylation sites (tertiary alicyclic amines) is 1. The van der Waals surface area contributed by atoms with E-state index in [0.717, 1.165) is 28.1 Å². The molecule has 2 aromatic carbocycles. The predicted octanol–water partition coefficient (Wildman–Crippen LogP) is 7.11. The van der Waals surface area contributed by atoms with Crippen molar-refractivity contribution in [3.63, 3.8) is 0 Å². The van der Waals surface area contributed by atoms with Crippen LogP contribution in [0, 0.1) is 25.6 Å². The molecule has 0 aliphatic carbocycles. The fraction of sp³-hybridized carbons (Fsp3) is 0.281. The third-order valence-electron chi connectivity index (χ3n) is 7.58. The number of ether oxygens (including phenoxy) is 1. The largest absolute Gasteiger partial charge is 0.465 e. The molecule has 3 N–H and O–H groups in total. The van der Waals surface area contributed by atoms with Crippen LogP contribution in [-0.4, -0.2) is 55.2 Å². The number of fused-ring (bicyclic) bond motifs is 1. The molecule has 0 saturated carbocycles. The van der Waals surface area contributed by atoms with Crippen molar-refractivity contribution in [2.45, 2.75) is 39.8 Å². The fourth-order valence-electron chi connectivity index (χ4n) is 5.58. The highest BCUT2D eigenvalue weighted by Crippen LogP contribution is 2.39. The molecule has 0 bridgehead atoms. The number of hydrogen-bond acceptors (Lipinski definition) is 9. The molecule has 0 radical (unpaired) electrons. The Morgan fingerprint density at radius 3 is 2.73 bits per heavy atom. The van der Waals surface area contributed by atoms with Gasteiger partial charge in [-0.3, -0.25) is 0 Å². The number of aryl methyl sites for hydroxylation is 2. The molecule has 44 heavy (non-hydrogen) atoms. The van der Waals surface area contributed by atoms with Gasteiger partial charge in [0.1, 0.15) is 11.6 Å². The van der Waals surface area contributed by atoms with Gasteiger partial charge in [-0.2, -0.15) is 0 Å². The van der Waals surface area contributed by atoms with Gasteiger partial charge in [0.25, 0.3) is 0 Å². The van der Waals surface area contributed by atoms with E-state index in [1.165, 1.54) is 11.0 Å². The van der Waals surface area contributed by atoms with Crippen molar-refractivity contribution in [1.82, 2.24) is 24.8 Å². The zero-order valence-electron chi connectivity index (χ0n) is 24.5. The van der Waals surface area contributed by atoms with Crippen molar-refractivity contribution < 1.29 is 19.0 Å². The van der Waals surface area contributed by atoms with E-state index < -0.39 is 6.09 Å². The van der Waals surface area contributed by atoms with Gasteiger partial charge in [0.15, 0.2) is 0 Å². The number of carbonyl (C=O) groups is 1. The maximum absolute atomic E-state index is 15.1. The van der Waals surface area contributed by atoms with E-state index in [9.17, 15) is 9.90 Å². The Morgan fingerprint density at radius 1 is 1.09 bits per heavy atom. The summed E-state index contributed by atoms with van der Waals surface area (Å²) in [7, 11) is 0. The van der Waals surface area contributed by atoms with Crippen LogP contribution in [0.2, 0.25) is 0 Å². The van der Waals surface area contributed by atoms with Gasteiger partial charge in [-0.05, 0) is 62.1 Å². The number of aromatic nitrogens is 4. The standard InChI is InChI=1S/C32H32FN7O3S/c1-18-13-21(16-40(15-18)32(41)42)38-31-35-12-10-27(39-31)25-5-4-11-34-30(25)43-29-19(2)6-7-23-24(29)8-9-26(33)28(23)36-14-22-17-44-20(3)37-22/h4-12,17-18,21,36H,13-16H2,1-3H3,(H,41,42)(H,35,38,39). The number of pyridine rings is 1. The van der Waals surface area contributed by atoms with Crippen molar-refractivity contribution >= 4 is 39.8 Å². The van der Waals surface area contributed by atoms with Crippen LogP contribution in [0.15, 0.2) is 60.2 Å². The minimum atomic E-state index is -0.931. The highest BCUT2D eigenvalue weighted by Gasteiger charge is 2.28. The maximum atomic E-state index is 15.1. The maximum Gasteiger partial charge on any atom is 0.407 e. The number of anilines is 2. The summed E-state index contributed by atoms with van der Waals surface area (Å²) < 4.78 is 21.6. The Balaban J connectivity index is 1.29. The molecule has 2 atom stereocenters. The van der Waals surface area contributed by atoms with Crippen LogP contribution in [0.1, 0.15) is 29.6 Å². The molecule has 1 aliphatic rings. The van der Waals surface area contributed by atoms with Crippen molar-refractivity contribution in [1.29, 1.82) is 0 Å². The van der Waals surface area contributed by atoms with Crippen molar-refractivity contribution in [2.75, 3.05) is 23.7 Å². The number of benzene rings is 2. The Labute approximate surface area is 258 Å². The second-order valence-corrected chi connectivity index (χ2v) is 12.1. The fourth-order valence-corrected chi connectivity index (χ4v) is 6.19. The summed E-state index contributed by atoms with van der Waals surface area (Å²) in [5, 5.41) is 20.4. The second kappa shape index (κ2) is 12.4. The Kier molecular flexibility index (Phi) is 8.25. The van der Waals surface area contributed by atoms with Crippen LogP contribution in [0.4, 0.5) is 20.8 Å². The Bertz CT molecular complexity index is 1830. The van der Waals surface area contributed by atoms with Gasteiger partial charge in [0.2, 0.25) is 11.8 Å². The van der Waals surface area contributed by atoms with Gasteiger partial charge >= 0.3 is 6.09 Å². The van der Waals surface area contributed by atoms with E-state index >= 15 is 4.39 Å². The highest BCUT2D eigenvalue weighted by molar-refractivity contribution is 7.09. The zero-order valence-corrected chi connectivity index (χ0v) is 25.4. The second-order valence-electron chi connectivity index (χ2n) is 11.0. The van der Waals surface area contributed by atoms with Crippen molar-refractivity contribution in [3.05, 3.63) is 82.3 Å². The first-order valence-electron chi connectivity index (χ1n) is 14.3. The molecule has 5 aromatic rings. The third kappa shape index (κ3) is 6.25. The van der Waals surface area contributed by atoms with Crippen LogP contribution in [-0.2, 0) is 6.54 Å². The van der Waals surface area contributed by atoms with Gasteiger partial charge in [-0.25, -0.2) is 29.1 Å². The van der Waals surface area contributed by atoms with E-state index in [2.05, 4.69) is 25.6 Å². The first-order valence-corrected chi connectivity index (χ1v) is 15.2. The van der Waals surface area contributed by atoms with Crippen LogP contribution in [0.5, 0.6) is 11.6 Å². The number of rotatable bonds is 8. The van der Waals surface area contributed by atoms with E-state index in [-0.39, 0.29) is 17.8 Å². The molecule has 1 fully saturated rings. The van der Waals surface area contributed by atoms with Crippen molar-refractivity contribution in [3.8, 4) is 22.9 Å². The van der Waals surface area contributed by atoms with Gasteiger partial charge in [0, 0.05) is 47.7 Å². The summed E-state index contributed by atoms with van der Waals surface area (Å²) in [5.74, 6) is 1.14. The molecule has 10 nitrogen and oxygen atoms in total. The monoisotopic (exact) mass is 613 g/mol. The average Bonchev–Trinajstić information content (AvgIpc) is 3.43. The topological polar surface area (TPSA) is 125 Å². The summed E-state index contributed by atoms with van der Waals surface area (Å²) in [6.45, 7) is 7.17. The molecule has 1 saturated heterocycles. The first-order chi connectivity index (χ1) is 21.2. The van der Waals surface area contributed by atoms with Gasteiger partial charge < -0.3 is 25.4 Å². The number of halogens is 1. The lowest BCUT2D eigenvalue weighted by molar-refractivity contribution is 0.119. The van der Waals surface area contributed by atoms with E-state index in [1.807, 2.05) is 44.4 Å². The van der Waals surface area contributed by atoms with Gasteiger partial charge in [-0.15, -0.1) is 11.3 Å². The summed E-state index contributed by atoms with van der Waals surface area (Å²) in [4.78, 5) is 31.1. The molecule has 1 aliphatic heterocycles. The lowest BCUT2D eigenvalue weighted by Crippen LogP contribution is -2.47. The molecule has 6 rings (SSSR count). The summed E-state index contributed by atoms with van der Waals surface area (Å²) in [5.41, 5.74) is 3.33. The Hall–Kier alpha value is -4.84. The van der Waals surface area contributed by atoms with E-state index in [0.29, 0.717) is 59.5 Å². The highest BCUT2D eigenvalue weighted by atomic mass is 32.1. The van der Waals surface area contributed by atoms with E-state index in [1.54, 1.807) is 41.9 Å². The molecule has 1 amide bonds. The smallest absolute Gasteiger partial charge is 0.407 e. The lowest BCUT2D eigenvalue weighted by atomic mass is 9.96. The van der Waals surface area contributed by atoms with Crippen LogP contribution >= 0.6 is 11.3 Å². The van der Waals surface area contributed by atoms with Gasteiger partial charge in [-0.1, -0.05) is 19.1 Å². The number of amides is 1. The number of thiazole rings is 1. The normalized spacial score (nSPS) is 16.6. The zero-order chi connectivity index (χ0) is 30.8. The van der Waals surface area contributed by atoms with Crippen LogP contribution < -0.4 is 15.4 Å². The molecular weight excluding hydrogens is 581 g/mol. The average molecular weight is 614 g/mol. The number of piperidine rings is 1. The summed E-state index contributed by atoms with van der Waals surface area (Å²) in [6, 6.07) is 12.3. The summed E-state index contributed by atoms with van der Waals surface area (Å²) in [6.07, 6.45) is 3.17. The van der Waals surface area contributed by atoms with E-state index in [4.69, 9.17) is 9.72 Å². The molecule has 3 aromatic heterocycles. The molecule has 4 heterocycles. The predicted molar refractivity (Wildman–Crippen MR) is 169 cm³/mol. The number of nitrogens with zero attached hydrogens (tertiary/aromatic N) is 5. The van der Waals surface area contributed by atoms with Crippen LogP contribution in [0.3, 0.4) is 0 Å². The Morgan fingerprint density at radius 2 is 1.93 bits per heavy atom. The van der Waals surface area contributed by atoms with Gasteiger partial charge in [0.05, 0.1) is 34.2 Å². The molecule has 2 unspecified atom stereocenters. The first kappa shape index (κ1) is 29.2. The number of nitrogens with one attached hydrogen (secondary N) is 2. The lowest BCUT2D eigenvalue weighted by Gasteiger charge is -2.35. The molecule has 226 valence electrons. The molecular formula is C32H32FN7O3S. The van der Waals surface area contributed by atoms with Crippen LogP contribution in [0.25, 0.3) is 22.0 Å². The molecule has 12 heteroatoms. The number of hydrogen-bond donors (Lipinski definition) is 3. The minimum absolute atomic E-state index is 0.115. The quantitative estimate of drug-likeness (QED) is 0.168. The van der Waals surface area contributed by atoms with Crippen molar-refractivity contribution in [2.24, 2.45) is 5.92 Å².